The predicted octanol–water partition coefficient (Wildman–Crippen LogP) is 14.2. The Morgan fingerprint density at radius 2 is 0.885 bits per heavy atom. The lowest BCUT2D eigenvalue weighted by molar-refractivity contribution is -0.870. The summed E-state index contributed by atoms with van der Waals surface area (Å²) >= 11 is 0. The Kier molecular flexibility index (Phi) is 42.2. The van der Waals surface area contributed by atoms with Crippen molar-refractivity contribution in [1.29, 1.82) is 0 Å². The van der Waals surface area contributed by atoms with Crippen LogP contribution in [0.4, 0.5) is 0 Å². The molecule has 0 rings (SSSR count). The van der Waals surface area contributed by atoms with Crippen molar-refractivity contribution in [3.63, 3.8) is 0 Å². The number of hydrogen-bond acceptors (Lipinski definition) is 8. The van der Waals surface area contributed by atoms with E-state index in [9.17, 15) is 19.0 Å². The Labute approximate surface area is 376 Å². The quantitative estimate of drug-likeness (QED) is 0.0195. The molecule has 358 valence electrons. The maximum atomic E-state index is 12.7. The lowest BCUT2D eigenvalue weighted by Gasteiger charge is -2.28. The van der Waals surface area contributed by atoms with Gasteiger partial charge in [0.25, 0.3) is 7.82 Å². The molecule has 0 saturated carbocycles. The van der Waals surface area contributed by atoms with Crippen molar-refractivity contribution in [3.8, 4) is 0 Å². The third kappa shape index (κ3) is 47.5. The number of phosphoric ester groups is 1. The van der Waals surface area contributed by atoms with Crippen LogP contribution in [0.5, 0.6) is 0 Å². The zero-order chi connectivity index (χ0) is 45.0. The van der Waals surface area contributed by atoms with E-state index in [1.165, 1.54) is 122 Å². The van der Waals surface area contributed by atoms with Crippen molar-refractivity contribution in [3.05, 3.63) is 36.5 Å². The van der Waals surface area contributed by atoms with Crippen LogP contribution in [0, 0.1) is 0 Å². The number of phosphoric acid groups is 1. The van der Waals surface area contributed by atoms with Gasteiger partial charge in [0.2, 0.25) is 0 Å². The molecule has 0 amide bonds. The van der Waals surface area contributed by atoms with E-state index in [1.54, 1.807) is 0 Å². The summed E-state index contributed by atoms with van der Waals surface area (Å²) in [6.07, 6.45) is 50.2. The number of ether oxygens (including phenoxy) is 2. The van der Waals surface area contributed by atoms with Crippen LogP contribution in [0.2, 0.25) is 0 Å². The zero-order valence-electron chi connectivity index (χ0n) is 40.4. The minimum Gasteiger partial charge on any atom is -0.756 e. The van der Waals surface area contributed by atoms with Gasteiger partial charge in [-0.3, -0.25) is 14.2 Å². The Bertz CT molecular complexity index is 1130. The molecule has 10 heteroatoms. The van der Waals surface area contributed by atoms with Crippen molar-refractivity contribution >= 4 is 19.8 Å². The van der Waals surface area contributed by atoms with Gasteiger partial charge >= 0.3 is 11.9 Å². The highest BCUT2D eigenvalue weighted by Crippen LogP contribution is 2.38. The van der Waals surface area contributed by atoms with Gasteiger partial charge in [0, 0.05) is 12.8 Å². The fourth-order valence-corrected chi connectivity index (χ4v) is 7.69. The number of carbonyl (C=O) groups excluding carboxylic acids is 2. The maximum Gasteiger partial charge on any atom is 0.306 e. The van der Waals surface area contributed by atoms with Gasteiger partial charge in [-0.25, -0.2) is 0 Å². The molecule has 0 radical (unpaired) electrons. The summed E-state index contributed by atoms with van der Waals surface area (Å²) < 4.78 is 34.0. The predicted molar refractivity (Wildman–Crippen MR) is 254 cm³/mol. The first-order valence-electron chi connectivity index (χ1n) is 25.2. The van der Waals surface area contributed by atoms with Gasteiger partial charge in [-0.05, 0) is 51.4 Å². The minimum absolute atomic E-state index is 0.0328. The van der Waals surface area contributed by atoms with Crippen LogP contribution in [-0.2, 0) is 32.7 Å². The summed E-state index contributed by atoms with van der Waals surface area (Å²) in [5, 5.41) is 0. The van der Waals surface area contributed by atoms with Crippen LogP contribution in [0.3, 0.4) is 0 Å². The molecular formula is C51H96NO8P. The number of rotatable bonds is 46. The fourth-order valence-electron chi connectivity index (χ4n) is 6.96. The van der Waals surface area contributed by atoms with Crippen molar-refractivity contribution in [1.82, 2.24) is 0 Å². The highest BCUT2D eigenvalue weighted by Gasteiger charge is 2.21. The molecule has 0 aromatic heterocycles. The van der Waals surface area contributed by atoms with E-state index in [4.69, 9.17) is 18.5 Å². The molecule has 9 nitrogen and oxygen atoms in total. The fraction of sp³-hybridized carbons (Fsp3) is 0.843. The van der Waals surface area contributed by atoms with E-state index in [0.717, 1.165) is 70.6 Å². The molecule has 0 aliphatic carbocycles. The minimum atomic E-state index is -4.63. The number of esters is 2. The molecule has 0 aromatic rings. The third-order valence-corrected chi connectivity index (χ3v) is 11.9. The summed E-state index contributed by atoms with van der Waals surface area (Å²) in [6.45, 7) is 4.23. The summed E-state index contributed by atoms with van der Waals surface area (Å²) in [6, 6.07) is 0. The molecule has 0 aromatic carbocycles. The number of unbranched alkanes of at least 4 members (excludes halogenated alkanes) is 26. The van der Waals surface area contributed by atoms with Gasteiger partial charge in [-0.2, -0.15) is 0 Å². The van der Waals surface area contributed by atoms with Crippen molar-refractivity contribution in [2.24, 2.45) is 0 Å². The second kappa shape index (κ2) is 43.5. The van der Waals surface area contributed by atoms with Crippen LogP contribution in [0.15, 0.2) is 36.5 Å². The number of allylic oxidation sites excluding steroid dienone is 6. The standard InChI is InChI=1S/C51H96NO8P/c1-6-8-10-12-14-16-18-20-22-24-25-26-27-28-30-32-34-36-38-40-42-44-51(54)60-49(48-59-61(55,56)58-46-45-52(3,4)5)47-57-50(53)43-41-39-37-35-33-31-29-23-21-19-17-15-13-11-9-7-2/h18,20,24-25,27-28,49H,6-17,19,21-23,26,29-48H2,1-5H3/b20-18-,25-24-,28-27-. The van der Waals surface area contributed by atoms with Crippen LogP contribution in [0.25, 0.3) is 0 Å². The average molecular weight is 882 g/mol. The Balaban J connectivity index is 4.29. The topological polar surface area (TPSA) is 111 Å². The maximum absolute atomic E-state index is 12.7. The molecule has 0 bridgehead atoms. The van der Waals surface area contributed by atoms with Crippen LogP contribution >= 0.6 is 7.82 Å². The van der Waals surface area contributed by atoms with Gasteiger partial charge in [-0.15, -0.1) is 0 Å². The Morgan fingerprint density at radius 1 is 0.508 bits per heavy atom. The van der Waals surface area contributed by atoms with Crippen molar-refractivity contribution in [2.45, 2.75) is 232 Å². The highest BCUT2D eigenvalue weighted by atomic mass is 31.2. The third-order valence-electron chi connectivity index (χ3n) is 10.9. The number of quaternary nitrogens is 1. The lowest BCUT2D eigenvalue weighted by atomic mass is 10.0. The molecule has 0 heterocycles. The number of hydrogen-bond donors (Lipinski definition) is 0. The van der Waals surface area contributed by atoms with E-state index in [1.807, 2.05) is 21.1 Å². The van der Waals surface area contributed by atoms with Crippen molar-refractivity contribution < 1.29 is 42.1 Å². The first kappa shape index (κ1) is 59.2. The first-order chi connectivity index (χ1) is 29.5. The molecule has 2 unspecified atom stereocenters. The van der Waals surface area contributed by atoms with Crippen LogP contribution in [0.1, 0.15) is 226 Å². The molecule has 0 fully saturated rings. The molecule has 0 aliphatic rings. The summed E-state index contributed by atoms with van der Waals surface area (Å²) in [7, 11) is 1.16. The molecule has 0 saturated heterocycles. The zero-order valence-corrected chi connectivity index (χ0v) is 41.3. The van der Waals surface area contributed by atoms with Gasteiger partial charge in [0.1, 0.15) is 19.8 Å². The van der Waals surface area contributed by atoms with Crippen molar-refractivity contribution in [2.75, 3.05) is 47.5 Å². The first-order valence-corrected chi connectivity index (χ1v) is 26.7. The monoisotopic (exact) mass is 882 g/mol. The molecular weight excluding hydrogens is 786 g/mol. The second-order valence-electron chi connectivity index (χ2n) is 18.2. The number of carbonyl (C=O) groups is 2. The second-order valence-corrected chi connectivity index (χ2v) is 19.6. The summed E-state index contributed by atoms with van der Waals surface area (Å²) in [5.74, 6) is -0.840. The molecule has 0 N–H and O–H groups in total. The number of nitrogens with zero attached hydrogens (tertiary/aromatic N) is 1. The normalized spacial score (nSPS) is 13.7. The van der Waals surface area contributed by atoms with Crippen LogP contribution in [-0.4, -0.2) is 70.0 Å². The SMILES string of the molecule is CCCCCCC/C=C\C/C=C\C/C=C\CCCCCCCCC(=O)OC(COC(=O)CCCCCCCCCCCCCCCCCC)COP(=O)([O-])OCC[N+](C)(C)C. The smallest absolute Gasteiger partial charge is 0.306 e. The van der Waals surface area contributed by atoms with E-state index >= 15 is 0 Å². The number of likely N-dealkylation sites (N-methyl/N-ethyl adjacent to an activating group) is 1. The van der Waals surface area contributed by atoms with Gasteiger partial charge in [-0.1, -0.05) is 198 Å². The average Bonchev–Trinajstić information content (AvgIpc) is 3.21. The van der Waals surface area contributed by atoms with Gasteiger partial charge in [0.05, 0.1) is 27.7 Å². The highest BCUT2D eigenvalue weighted by molar-refractivity contribution is 7.45. The van der Waals surface area contributed by atoms with E-state index < -0.39 is 26.5 Å². The molecule has 2 atom stereocenters. The van der Waals surface area contributed by atoms with Gasteiger partial charge in [0.15, 0.2) is 6.10 Å². The van der Waals surface area contributed by atoms with E-state index in [0.29, 0.717) is 17.4 Å². The molecule has 0 spiro atoms. The van der Waals surface area contributed by atoms with Crippen LogP contribution < -0.4 is 4.89 Å². The largest absolute Gasteiger partial charge is 0.756 e. The van der Waals surface area contributed by atoms with Gasteiger partial charge < -0.3 is 27.9 Å². The summed E-state index contributed by atoms with van der Waals surface area (Å²) in [5.41, 5.74) is 0. The Morgan fingerprint density at radius 3 is 1.31 bits per heavy atom. The molecule has 0 aliphatic heterocycles. The van der Waals surface area contributed by atoms with E-state index in [2.05, 4.69) is 50.3 Å². The van der Waals surface area contributed by atoms with E-state index in [-0.39, 0.29) is 32.0 Å². The summed E-state index contributed by atoms with van der Waals surface area (Å²) in [4.78, 5) is 37.7. The molecule has 61 heavy (non-hydrogen) atoms. The Hall–Kier alpha value is -1.77. The lowest BCUT2D eigenvalue weighted by Crippen LogP contribution is -2.37.